The van der Waals surface area contributed by atoms with Crippen molar-refractivity contribution in [2.45, 2.75) is 32.2 Å². The Morgan fingerprint density at radius 3 is 2.33 bits per heavy atom. The maximum Gasteiger partial charge on any atom is 0.301 e. The third-order valence-electron chi connectivity index (χ3n) is 5.78. The first-order valence-electron chi connectivity index (χ1n) is 10.7. The highest BCUT2D eigenvalue weighted by atomic mass is 16.5. The molecule has 2 aromatic carbocycles. The number of amides is 1. The molecule has 1 atom stereocenters. The summed E-state index contributed by atoms with van der Waals surface area (Å²) >= 11 is 0. The van der Waals surface area contributed by atoms with E-state index in [4.69, 9.17) is 4.74 Å². The number of benzene rings is 2. The van der Waals surface area contributed by atoms with Gasteiger partial charge in [-0.2, -0.15) is 0 Å². The van der Waals surface area contributed by atoms with Crippen molar-refractivity contribution in [1.82, 2.24) is 4.98 Å². The Bertz CT molecular complexity index is 1220. The van der Waals surface area contributed by atoms with E-state index < -0.39 is 17.7 Å². The molecule has 4 rings (SSSR count). The van der Waals surface area contributed by atoms with Crippen LogP contribution < -0.4 is 9.64 Å². The summed E-state index contributed by atoms with van der Waals surface area (Å²) in [7, 11) is 1.52. The normalized spacial score (nSPS) is 17.9. The number of methoxy groups -OCH3 is 1. The molecular formula is C27H26N2O4. The van der Waals surface area contributed by atoms with E-state index in [1.807, 2.05) is 24.3 Å². The summed E-state index contributed by atoms with van der Waals surface area (Å²) in [4.78, 5) is 32.0. The lowest BCUT2D eigenvalue weighted by Gasteiger charge is -2.25. The van der Waals surface area contributed by atoms with E-state index in [0.29, 0.717) is 22.7 Å². The van der Waals surface area contributed by atoms with Gasteiger partial charge in [-0.25, -0.2) is 4.98 Å². The molecule has 1 fully saturated rings. The Kier molecular flexibility index (Phi) is 5.77. The van der Waals surface area contributed by atoms with Crippen molar-refractivity contribution >= 4 is 23.3 Å². The van der Waals surface area contributed by atoms with Crippen molar-refractivity contribution in [3.05, 3.63) is 95.2 Å². The highest BCUT2D eigenvalue weighted by molar-refractivity contribution is 6.51. The second-order valence-electron chi connectivity index (χ2n) is 8.96. The second kappa shape index (κ2) is 8.54. The molecule has 1 aromatic heterocycles. The van der Waals surface area contributed by atoms with E-state index in [1.54, 1.807) is 48.7 Å². The molecule has 0 spiro atoms. The number of Topliss-reactive ketones (excluding diaryl/α,β-unsaturated/α-hetero) is 1. The molecule has 0 saturated carbocycles. The Morgan fingerprint density at radius 1 is 1.00 bits per heavy atom. The van der Waals surface area contributed by atoms with Crippen LogP contribution in [0, 0.1) is 0 Å². The molecule has 0 radical (unpaired) electrons. The fourth-order valence-corrected chi connectivity index (χ4v) is 3.97. The number of carbonyl (C=O) groups is 2. The Hall–Kier alpha value is -3.93. The number of nitrogens with zero attached hydrogens (tertiary/aromatic N) is 2. The van der Waals surface area contributed by atoms with Gasteiger partial charge >= 0.3 is 5.91 Å². The van der Waals surface area contributed by atoms with Gasteiger partial charge in [0.2, 0.25) is 0 Å². The zero-order valence-electron chi connectivity index (χ0n) is 19.1. The lowest BCUT2D eigenvalue weighted by molar-refractivity contribution is -0.132. The number of aliphatic hydroxyl groups is 1. The fraction of sp³-hybridized carbons (Fsp3) is 0.222. The van der Waals surface area contributed by atoms with Crippen LogP contribution >= 0.6 is 0 Å². The standard InChI is InChI=1S/C27H26N2O4/c1-27(2,3)19-13-11-17(12-14-19)23-22(24(30)18-8-7-9-20(16-18)33-4)25(31)26(32)29(23)21-10-5-6-15-28-21/h5-16,23,30H,1-4H3/t23-/m0/s1. The SMILES string of the molecule is COc1cccc(C(O)=C2C(=O)C(=O)N(c3ccccn3)[C@H]2c2ccc(C(C)(C)C)cc2)c1. The second-order valence-corrected chi connectivity index (χ2v) is 8.96. The van der Waals surface area contributed by atoms with Crippen molar-refractivity contribution in [3.63, 3.8) is 0 Å². The quantitative estimate of drug-likeness (QED) is 0.349. The minimum atomic E-state index is -0.819. The summed E-state index contributed by atoms with van der Waals surface area (Å²) in [6.45, 7) is 6.35. The maximum absolute atomic E-state index is 13.2. The summed E-state index contributed by atoms with van der Waals surface area (Å²) < 4.78 is 5.26. The molecule has 1 aliphatic heterocycles. The van der Waals surface area contributed by atoms with E-state index in [9.17, 15) is 14.7 Å². The number of pyridine rings is 1. The summed E-state index contributed by atoms with van der Waals surface area (Å²) in [6.07, 6.45) is 1.57. The minimum Gasteiger partial charge on any atom is -0.507 e. The van der Waals surface area contributed by atoms with Gasteiger partial charge in [0.25, 0.3) is 5.78 Å². The summed E-state index contributed by atoms with van der Waals surface area (Å²) in [5, 5.41) is 11.2. The van der Waals surface area contributed by atoms with Gasteiger partial charge in [0.05, 0.1) is 18.7 Å². The van der Waals surface area contributed by atoms with Gasteiger partial charge < -0.3 is 9.84 Å². The molecule has 1 N–H and O–H groups in total. The number of carbonyl (C=O) groups excluding carboxylic acids is 2. The van der Waals surface area contributed by atoms with Crippen LogP contribution in [-0.2, 0) is 15.0 Å². The number of hydrogen-bond acceptors (Lipinski definition) is 5. The number of rotatable bonds is 4. The van der Waals surface area contributed by atoms with Crippen molar-refractivity contribution in [3.8, 4) is 5.75 Å². The van der Waals surface area contributed by atoms with Crippen molar-refractivity contribution in [1.29, 1.82) is 0 Å². The number of aliphatic hydroxyl groups excluding tert-OH is 1. The van der Waals surface area contributed by atoms with Crippen molar-refractivity contribution < 1.29 is 19.4 Å². The van der Waals surface area contributed by atoms with Crippen LogP contribution in [0.1, 0.15) is 43.5 Å². The van der Waals surface area contributed by atoms with Gasteiger partial charge in [-0.1, -0.05) is 63.2 Å². The van der Waals surface area contributed by atoms with Crippen molar-refractivity contribution in [2.75, 3.05) is 12.0 Å². The highest BCUT2D eigenvalue weighted by Crippen LogP contribution is 2.42. The summed E-state index contributed by atoms with van der Waals surface area (Å²) in [5.74, 6) is -0.872. The monoisotopic (exact) mass is 442 g/mol. The number of anilines is 1. The molecule has 1 amide bonds. The van der Waals surface area contributed by atoms with Crippen LogP contribution in [0.3, 0.4) is 0 Å². The Labute approximate surface area is 193 Å². The zero-order chi connectivity index (χ0) is 23.8. The third-order valence-corrected chi connectivity index (χ3v) is 5.78. The molecular weight excluding hydrogens is 416 g/mol. The first-order chi connectivity index (χ1) is 15.7. The lowest BCUT2D eigenvalue weighted by Crippen LogP contribution is -2.30. The summed E-state index contributed by atoms with van der Waals surface area (Å²) in [6, 6.07) is 18.9. The van der Waals surface area contributed by atoms with Gasteiger partial charge in [0, 0.05) is 11.8 Å². The molecule has 1 saturated heterocycles. The molecule has 0 aliphatic carbocycles. The van der Waals surface area contributed by atoms with E-state index in [1.165, 1.54) is 12.0 Å². The Balaban J connectivity index is 1.92. The van der Waals surface area contributed by atoms with E-state index >= 15 is 0 Å². The number of ether oxygens (including phenoxy) is 1. The Morgan fingerprint density at radius 2 is 1.73 bits per heavy atom. The zero-order valence-corrected chi connectivity index (χ0v) is 19.1. The third kappa shape index (κ3) is 4.12. The first-order valence-corrected chi connectivity index (χ1v) is 10.7. The topological polar surface area (TPSA) is 79.7 Å². The van der Waals surface area contributed by atoms with Crippen LogP contribution in [-0.4, -0.2) is 28.9 Å². The smallest absolute Gasteiger partial charge is 0.301 e. The molecule has 0 unspecified atom stereocenters. The molecule has 2 heterocycles. The number of hydrogen-bond donors (Lipinski definition) is 1. The number of aromatic nitrogens is 1. The van der Waals surface area contributed by atoms with E-state index in [-0.39, 0.29) is 16.7 Å². The highest BCUT2D eigenvalue weighted by Gasteiger charge is 2.47. The van der Waals surface area contributed by atoms with E-state index in [2.05, 4.69) is 25.8 Å². The predicted molar refractivity (Wildman–Crippen MR) is 127 cm³/mol. The molecule has 0 bridgehead atoms. The summed E-state index contributed by atoms with van der Waals surface area (Å²) in [5.41, 5.74) is 2.18. The molecule has 6 heteroatoms. The lowest BCUT2D eigenvalue weighted by atomic mass is 9.85. The average Bonchev–Trinajstić information content (AvgIpc) is 3.09. The minimum absolute atomic E-state index is 0.0161. The average molecular weight is 443 g/mol. The van der Waals surface area contributed by atoms with Gasteiger partial charge in [0.1, 0.15) is 17.3 Å². The molecule has 1 aliphatic rings. The van der Waals surface area contributed by atoms with Crippen LogP contribution in [0.15, 0.2) is 78.5 Å². The maximum atomic E-state index is 13.2. The van der Waals surface area contributed by atoms with Crippen LogP contribution in [0.2, 0.25) is 0 Å². The fourth-order valence-electron chi connectivity index (χ4n) is 3.97. The van der Waals surface area contributed by atoms with Crippen LogP contribution in [0.25, 0.3) is 5.76 Å². The first kappa shape index (κ1) is 22.3. The van der Waals surface area contributed by atoms with Crippen LogP contribution in [0.4, 0.5) is 5.82 Å². The van der Waals surface area contributed by atoms with Gasteiger partial charge in [-0.05, 0) is 40.8 Å². The molecule has 168 valence electrons. The molecule has 6 nitrogen and oxygen atoms in total. The van der Waals surface area contributed by atoms with Gasteiger partial charge in [-0.15, -0.1) is 0 Å². The predicted octanol–water partition coefficient (Wildman–Crippen LogP) is 5.01. The number of ketones is 1. The largest absolute Gasteiger partial charge is 0.507 e. The van der Waals surface area contributed by atoms with Crippen LogP contribution in [0.5, 0.6) is 5.75 Å². The molecule has 3 aromatic rings. The van der Waals surface area contributed by atoms with E-state index in [0.717, 1.165) is 5.56 Å². The van der Waals surface area contributed by atoms with Gasteiger partial charge in [0.15, 0.2) is 0 Å². The van der Waals surface area contributed by atoms with Gasteiger partial charge in [-0.3, -0.25) is 14.5 Å². The molecule has 33 heavy (non-hydrogen) atoms. The van der Waals surface area contributed by atoms with Crippen molar-refractivity contribution in [2.24, 2.45) is 0 Å².